The van der Waals surface area contributed by atoms with E-state index in [4.69, 9.17) is 21.9 Å². The van der Waals surface area contributed by atoms with Crippen molar-refractivity contribution >= 4 is 28.8 Å². The van der Waals surface area contributed by atoms with Gasteiger partial charge >= 0.3 is 0 Å². The number of hydrogen-bond donors (Lipinski definition) is 1. The van der Waals surface area contributed by atoms with Crippen LogP contribution in [0.3, 0.4) is 0 Å². The minimum absolute atomic E-state index is 0.0985. The number of amides is 1. The molecule has 0 bridgehead atoms. The van der Waals surface area contributed by atoms with Crippen LogP contribution in [-0.4, -0.2) is 35.6 Å². The molecule has 1 unspecified atom stereocenters. The summed E-state index contributed by atoms with van der Waals surface area (Å²) in [6.45, 7) is 2.04. The molecule has 1 atom stereocenters. The number of nitrogens with two attached hydrogens (primary N) is 1. The lowest BCUT2D eigenvalue weighted by Gasteiger charge is -2.13. The van der Waals surface area contributed by atoms with E-state index in [9.17, 15) is 4.79 Å². The van der Waals surface area contributed by atoms with Gasteiger partial charge < -0.3 is 15.2 Å². The van der Waals surface area contributed by atoms with Crippen LogP contribution in [0.4, 0.5) is 0 Å². The molecule has 2 aromatic rings. The molecule has 1 fully saturated rings. The van der Waals surface area contributed by atoms with Crippen LogP contribution in [0.15, 0.2) is 22.7 Å². The molecule has 20 heavy (non-hydrogen) atoms. The summed E-state index contributed by atoms with van der Waals surface area (Å²) in [5.74, 6) is 0.861. The maximum absolute atomic E-state index is 12.3. The van der Waals surface area contributed by atoms with Gasteiger partial charge in [-0.3, -0.25) is 4.79 Å². The molecular weight excluding hydrogens is 298 g/mol. The van der Waals surface area contributed by atoms with Crippen LogP contribution in [0, 0.1) is 5.92 Å². The Morgan fingerprint density at radius 1 is 1.60 bits per heavy atom. The first-order valence-corrected chi connectivity index (χ1v) is 7.58. The van der Waals surface area contributed by atoms with E-state index in [0.717, 1.165) is 17.8 Å². The number of thiophene rings is 1. The zero-order valence-electron chi connectivity index (χ0n) is 10.7. The van der Waals surface area contributed by atoms with Gasteiger partial charge in [0.15, 0.2) is 11.5 Å². The van der Waals surface area contributed by atoms with Gasteiger partial charge in [0, 0.05) is 19.2 Å². The molecule has 0 radical (unpaired) electrons. The van der Waals surface area contributed by atoms with Gasteiger partial charge in [-0.25, -0.2) is 0 Å². The van der Waals surface area contributed by atoms with Crippen molar-refractivity contribution in [2.24, 2.45) is 11.7 Å². The number of rotatable bonds is 3. The minimum Gasteiger partial charge on any atom is -0.355 e. The normalized spacial score (nSPS) is 18.7. The van der Waals surface area contributed by atoms with E-state index in [0.29, 0.717) is 34.8 Å². The number of aromatic nitrogens is 1. The molecule has 106 valence electrons. The quantitative estimate of drug-likeness (QED) is 0.945. The maximum atomic E-state index is 12.3. The van der Waals surface area contributed by atoms with Crippen molar-refractivity contribution in [3.63, 3.8) is 0 Å². The Morgan fingerprint density at radius 2 is 2.45 bits per heavy atom. The first-order chi connectivity index (χ1) is 9.67. The lowest BCUT2D eigenvalue weighted by Crippen LogP contribution is -2.30. The highest BCUT2D eigenvalue weighted by Crippen LogP contribution is 2.31. The molecule has 3 heterocycles. The summed E-state index contributed by atoms with van der Waals surface area (Å²) in [5, 5.41) is 3.86. The first-order valence-electron chi connectivity index (χ1n) is 6.39. The van der Waals surface area contributed by atoms with Crippen molar-refractivity contribution in [1.29, 1.82) is 0 Å². The van der Waals surface area contributed by atoms with Gasteiger partial charge in [-0.2, -0.15) is 0 Å². The van der Waals surface area contributed by atoms with Gasteiger partial charge in [-0.1, -0.05) is 16.8 Å². The van der Waals surface area contributed by atoms with Crippen LogP contribution in [0.5, 0.6) is 0 Å². The number of carbonyl (C=O) groups excluding carboxylic acids is 1. The second kappa shape index (κ2) is 5.55. The van der Waals surface area contributed by atoms with Crippen molar-refractivity contribution in [3.05, 3.63) is 28.2 Å². The van der Waals surface area contributed by atoms with Gasteiger partial charge in [0.1, 0.15) is 0 Å². The second-order valence-electron chi connectivity index (χ2n) is 4.82. The average Bonchev–Trinajstić information content (AvgIpc) is 3.17. The summed E-state index contributed by atoms with van der Waals surface area (Å²) in [4.78, 5) is 14.9. The number of nitrogens with zero attached hydrogens (tertiary/aromatic N) is 2. The fourth-order valence-electron chi connectivity index (χ4n) is 2.31. The Hall–Kier alpha value is -1.37. The molecule has 1 aliphatic rings. The molecule has 1 aliphatic heterocycles. The van der Waals surface area contributed by atoms with Crippen LogP contribution in [0.1, 0.15) is 16.9 Å². The monoisotopic (exact) mass is 311 g/mol. The highest BCUT2D eigenvalue weighted by molar-refractivity contribution is 7.19. The predicted octanol–water partition coefficient (Wildman–Crippen LogP) is 2.48. The summed E-state index contributed by atoms with van der Waals surface area (Å²) in [6.07, 6.45) is 0.952. The van der Waals surface area contributed by atoms with Gasteiger partial charge in [0.2, 0.25) is 0 Å². The Kier molecular flexibility index (Phi) is 3.78. The molecule has 0 aromatic carbocycles. The van der Waals surface area contributed by atoms with E-state index in [-0.39, 0.29) is 5.91 Å². The lowest BCUT2D eigenvalue weighted by atomic mass is 10.1. The standard InChI is InChI=1S/C13H14ClN3O2S/c14-12-2-1-11(20-12)10-5-9(16-19-10)13(18)17-4-3-8(6-15)7-17/h1-2,5,8H,3-4,6-7,15H2. The lowest BCUT2D eigenvalue weighted by molar-refractivity contribution is 0.0777. The summed E-state index contributed by atoms with van der Waals surface area (Å²) < 4.78 is 5.90. The summed E-state index contributed by atoms with van der Waals surface area (Å²) in [5.41, 5.74) is 5.97. The molecular formula is C13H14ClN3O2S. The van der Waals surface area contributed by atoms with Crippen molar-refractivity contribution < 1.29 is 9.32 Å². The Morgan fingerprint density at radius 3 is 3.10 bits per heavy atom. The van der Waals surface area contributed by atoms with Crippen molar-refractivity contribution in [2.45, 2.75) is 6.42 Å². The number of hydrogen-bond acceptors (Lipinski definition) is 5. The fourth-order valence-corrected chi connectivity index (χ4v) is 3.30. The summed E-state index contributed by atoms with van der Waals surface area (Å²) in [6, 6.07) is 5.31. The SMILES string of the molecule is NCC1CCN(C(=O)c2cc(-c3ccc(Cl)s3)on2)C1. The van der Waals surface area contributed by atoms with Gasteiger partial charge in [-0.05, 0) is 31.0 Å². The highest BCUT2D eigenvalue weighted by atomic mass is 35.5. The Bertz CT molecular complexity index is 625. The molecule has 0 aliphatic carbocycles. The first kappa shape index (κ1) is 13.6. The molecule has 1 amide bonds. The molecule has 5 nitrogen and oxygen atoms in total. The minimum atomic E-state index is -0.0985. The van der Waals surface area contributed by atoms with E-state index >= 15 is 0 Å². The van der Waals surface area contributed by atoms with Gasteiger partial charge in [0.05, 0.1) is 9.21 Å². The molecule has 0 saturated carbocycles. The average molecular weight is 312 g/mol. The van der Waals surface area contributed by atoms with Crippen molar-refractivity contribution in [1.82, 2.24) is 10.1 Å². The Balaban J connectivity index is 1.75. The molecule has 2 aromatic heterocycles. The highest BCUT2D eigenvalue weighted by Gasteiger charge is 2.28. The third-order valence-corrected chi connectivity index (χ3v) is 4.70. The third kappa shape index (κ3) is 2.59. The van der Waals surface area contributed by atoms with Gasteiger partial charge in [-0.15, -0.1) is 11.3 Å². The smallest absolute Gasteiger partial charge is 0.276 e. The topological polar surface area (TPSA) is 72.4 Å². The van der Waals surface area contributed by atoms with Crippen molar-refractivity contribution in [2.75, 3.05) is 19.6 Å². The zero-order valence-corrected chi connectivity index (χ0v) is 12.3. The van der Waals surface area contributed by atoms with Crippen LogP contribution in [-0.2, 0) is 0 Å². The fraction of sp³-hybridized carbons (Fsp3) is 0.385. The van der Waals surface area contributed by atoms with Crippen molar-refractivity contribution in [3.8, 4) is 10.6 Å². The second-order valence-corrected chi connectivity index (χ2v) is 6.54. The molecule has 0 spiro atoms. The van der Waals surface area contributed by atoms with E-state index in [1.165, 1.54) is 11.3 Å². The van der Waals surface area contributed by atoms with Crippen LogP contribution in [0.25, 0.3) is 10.6 Å². The number of carbonyl (C=O) groups is 1. The summed E-state index contributed by atoms with van der Waals surface area (Å²) >= 11 is 7.28. The van der Waals surface area contributed by atoms with E-state index < -0.39 is 0 Å². The van der Waals surface area contributed by atoms with E-state index in [2.05, 4.69) is 5.16 Å². The van der Waals surface area contributed by atoms with E-state index in [1.807, 2.05) is 6.07 Å². The molecule has 3 rings (SSSR count). The number of halogens is 1. The van der Waals surface area contributed by atoms with Crippen LogP contribution < -0.4 is 5.73 Å². The van der Waals surface area contributed by atoms with Gasteiger partial charge in [0.25, 0.3) is 5.91 Å². The van der Waals surface area contributed by atoms with Crippen LogP contribution in [0.2, 0.25) is 4.34 Å². The largest absolute Gasteiger partial charge is 0.355 e. The predicted molar refractivity (Wildman–Crippen MR) is 77.9 cm³/mol. The maximum Gasteiger partial charge on any atom is 0.276 e. The molecule has 1 saturated heterocycles. The third-order valence-electron chi connectivity index (χ3n) is 3.45. The molecule has 7 heteroatoms. The van der Waals surface area contributed by atoms with Crippen LogP contribution >= 0.6 is 22.9 Å². The summed E-state index contributed by atoms with van der Waals surface area (Å²) in [7, 11) is 0. The number of likely N-dealkylation sites (tertiary alicyclic amines) is 1. The van der Waals surface area contributed by atoms with E-state index in [1.54, 1.807) is 17.0 Å². The Labute approximate surface area is 125 Å². The molecule has 2 N–H and O–H groups in total. The zero-order chi connectivity index (χ0) is 14.1.